The fraction of sp³-hybridized carbons (Fsp3) is 0.0588. The average Bonchev–Trinajstić information content (AvgIpc) is 2.44. The van der Waals surface area contributed by atoms with Crippen molar-refractivity contribution in [3.63, 3.8) is 0 Å². The van der Waals surface area contributed by atoms with E-state index in [0.717, 1.165) is 21.9 Å². The number of aromatic hydroxyl groups is 3. The number of phenols is 3. The molecule has 0 radical (unpaired) electrons. The highest BCUT2D eigenvalue weighted by atomic mass is 16.3. The zero-order valence-electron chi connectivity index (χ0n) is 10.7. The Morgan fingerprint density at radius 3 is 2.15 bits per heavy atom. The summed E-state index contributed by atoms with van der Waals surface area (Å²) in [6, 6.07) is 15.4. The van der Waals surface area contributed by atoms with Gasteiger partial charge in [-0.15, -0.1) is 0 Å². The molecular weight excluding hydrogens is 252 g/mol. The van der Waals surface area contributed by atoms with E-state index in [2.05, 4.69) is 0 Å². The van der Waals surface area contributed by atoms with Crippen LogP contribution in [0.2, 0.25) is 0 Å². The number of benzene rings is 3. The topological polar surface area (TPSA) is 60.7 Å². The molecule has 0 atom stereocenters. The third-order valence-corrected chi connectivity index (χ3v) is 3.44. The van der Waals surface area contributed by atoms with E-state index in [1.165, 1.54) is 0 Å². The lowest BCUT2D eigenvalue weighted by atomic mass is 9.97. The van der Waals surface area contributed by atoms with Crippen LogP contribution in [0.25, 0.3) is 10.8 Å². The third-order valence-electron chi connectivity index (χ3n) is 3.44. The summed E-state index contributed by atoms with van der Waals surface area (Å²) in [6.07, 6.45) is 0.535. The van der Waals surface area contributed by atoms with Crippen LogP contribution in [0.5, 0.6) is 17.2 Å². The molecule has 0 aliphatic heterocycles. The van der Waals surface area contributed by atoms with Crippen LogP contribution in [0.1, 0.15) is 11.1 Å². The highest BCUT2D eigenvalue weighted by molar-refractivity contribution is 5.92. The molecule has 0 heterocycles. The Bertz CT molecular complexity index is 761. The number of fused-ring (bicyclic) bond motifs is 1. The van der Waals surface area contributed by atoms with Crippen LogP contribution in [0, 0.1) is 0 Å². The minimum Gasteiger partial charge on any atom is -0.508 e. The van der Waals surface area contributed by atoms with Gasteiger partial charge < -0.3 is 15.3 Å². The lowest BCUT2D eigenvalue weighted by Gasteiger charge is -2.10. The van der Waals surface area contributed by atoms with Gasteiger partial charge in [0.15, 0.2) is 0 Å². The van der Waals surface area contributed by atoms with Crippen LogP contribution in [-0.2, 0) is 6.42 Å². The van der Waals surface area contributed by atoms with Gasteiger partial charge in [0.25, 0.3) is 0 Å². The standard InChI is InChI=1S/C17H14O3/c18-12-6-4-11(5-7-12)10-15-13-2-1-3-16(19)14(13)8-9-17(15)20/h1-9,18-20H,10H2. The van der Waals surface area contributed by atoms with Crippen molar-refractivity contribution < 1.29 is 15.3 Å². The van der Waals surface area contributed by atoms with Crippen molar-refractivity contribution >= 4 is 10.8 Å². The third kappa shape index (κ3) is 2.14. The van der Waals surface area contributed by atoms with Gasteiger partial charge in [0.05, 0.1) is 0 Å². The molecule has 3 rings (SSSR count). The molecule has 0 unspecified atom stereocenters. The van der Waals surface area contributed by atoms with E-state index in [4.69, 9.17) is 0 Å². The van der Waals surface area contributed by atoms with Crippen LogP contribution in [0.15, 0.2) is 54.6 Å². The van der Waals surface area contributed by atoms with Gasteiger partial charge in [0.1, 0.15) is 17.2 Å². The molecule has 0 spiro atoms. The first kappa shape index (κ1) is 12.4. The van der Waals surface area contributed by atoms with Gasteiger partial charge in [0, 0.05) is 17.4 Å². The molecule has 0 saturated heterocycles. The Kier molecular flexibility index (Phi) is 2.95. The van der Waals surface area contributed by atoms with E-state index in [0.29, 0.717) is 6.42 Å². The smallest absolute Gasteiger partial charge is 0.123 e. The van der Waals surface area contributed by atoms with Crippen LogP contribution in [-0.4, -0.2) is 15.3 Å². The zero-order chi connectivity index (χ0) is 14.1. The van der Waals surface area contributed by atoms with E-state index in [1.807, 2.05) is 18.2 Å². The molecule has 3 heteroatoms. The first-order chi connectivity index (χ1) is 9.65. The van der Waals surface area contributed by atoms with E-state index in [9.17, 15) is 15.3 Å². The van der Waals surface area contributed by atoms with E-state index < -0.39 is 0 Å². The number of hydrogen-bond acceptors (Lipinski definition) is 3. The second-order valence-corrected chi connectivity index (χ2v) is 4.78. The lowest BCUT2D eigenvalue weighted by Crippen LogP contribution is -1.91. The molecule has 0 amide bonds. The molecule has 0 bridgehead atoms. The van der Waals surface area contributed by atoms with Crippen molar-refractivity contribution in [3.8, 4) is 17.2 Å². The minimum absolute atomic E-state index is 0.203. The Hall–Kier alpha value is -2.68. The normalized spacial score (nSPS) is 10.8. The van der Waals surface area contributed by atoms with Crippen molar-refractivity contribution in [1.29, 1.82) is 0 Å². The van der Waals surface area contributed by atoms with Crippen molar-refractivity contribution in [1.82, 2.24) is 0 Å². The molecule has 0 aliphatic carbocycles. The molecule has 3 aromatic rings. The number of hydrogen-bond donors (Lipinski definition) is 3. The lowest BCUT2D eigenvalue weighted by molar-refractivity contribution is 0.470. The van der Waals surface area contributed by atoms with Crippen LogP contribution in [0.3, 0.4) is 0 Å². The maximum atomic E-state index is 10.1. The largest absolute Gasteiger partial charge is 0.508 e. The molecular formula is C17H14O3. The molecule has 0 aliphatic rings. The van der Waals surface area contributed by atoms with Gasteiger partial charge in [-0.2, -0.15) is 0 Å². The van der Waals surface area contributed by atoms with Gasteiger partial charge in [-0.1, -0.05) is 24.3 Å². The molecule has 3 nitrogen and oxygen atoms in total. The highest BCUT2D eigenvalue weighted by Crippen LogP contribution is 2.33. The molecule has 3 N–H and O–H groups in total. The SMILES string of the molecule is Oc1ccc(Cc2c(O)ccc3c(O)cccc23)cc1. The molecule has 100 valence electrons. The summed E-state index contributed by atoms with van der Waals surface area (Å²) in [7, 11) is 0. The van der Waals surface area contributed by atoms with Gasteiger partial charge in [-0.25, -0.2) is 0 Å². The minimum atomic E-state index is 0.203. The quantitative estimate of drug-likeness (QED) is 0.664. The summed E-state index contributed by atoms with van der Waals surface area (Å²) < 4.78 is 0. The summed E-state index contributed by atoms with van der Waals surface area (Å²) in [5.41, 5.74) is 1.75. The van der Waals surface area contributed by atoms with Gasteiger partial charge in [-0.3, -0.25) is 0 Å². The van der Waals surface area contributed by atoms with Crippen molar-refractivity contribution in [2.75, 3.05) is 0 Å². The monoisotopic (exact) mass is 266 g/mol. The Labute approximate surface area is 116 Å². The molecule has 0 saturated carbocycles. The maximum Gasteiger partial charge on any atom is 0.123 e. The summed E-state index contributed by atoms with van der Waals surface area (Å²) in [6.45, 7) is 0. The van der Waals surface area contributed by atoms with Crippen molar-refractivity contribution in [2.24, 2.45) is 0 Å². The van der Waals surface area contributed by atoms with Crippen LogP contribution < -0.4 is 0 Å². The molecule has 0 fully saturated rings. The number of rotatable bonds is 2. The summed E-state index contributed by atoms with van der Waals surface area (Å²) in [4.78, 5) is 0. The Balaban J connectivity index is 2.13. The molecule has 20 heavy (non-hydrogen) atoms. The van der Waals surface area contributed by atoms with Crippen molar-refractivity contribution in [2.45, 2.75) is 6.42 Å². The Morgan fingerprint density at radius 2 is 1.40 bits per heavy atom. The summed E-state index contributed by atoms with van der Waals surface area (Å²) in [5.74, 6) is 0.624. The van der Waals surface area contributed by atoms with E-state index >= 15 is 0 Å². The van der Waals surface area contributed by atoms with E-state index in [-0.39, 0.29) is 17.2 Å². The Morgan fingerprint density at radius 1 is 0.650 bits per heavy atom. The van der Waals surface area contributed by atoms with Crippen molar-refractivity contribution in [3.05, 3.63) is 65.7 Å². The van der Waals surface area contributed by atoms with Crippen LogP contribution in [0.4, 0.5) is 0 Å². The molecule has 0 aromatic heterocycles. The first-order valence-electron chi connectivity index (χ1n) is 6.35. The highest BCUT2D eigenvalue weighted by Gasteiger charge is 2.10. The summed E-state index contributed by atoms with van der Waals surface area (Å²) in [5, 5.41) is 30.8. The predicted octanol–water partition coefficient (Wildman–Crippen LogP) is 3.55. The molecule has 3 aromatic carbocycles. The van der Waals surface area contributed by atoms with E-state index in [1.54, 1.807) is 36.4 Å². The number of phenolic OH excluding ortho intramolecular Hbond substituents is 3. The first-order valence-corrected chi connectivity index (χ1v) is 6.35. The fourth-order valence-electron chi connectivity index (χ4n) is 2.40. The van der Waals surface area contributed by atoms with Crippen LogP contribution >= 0.6 is 0 Å². The summed E-state index contributed by atoms with van der Waals surface area (Å²) >= 11 is 0. The second kappa shape index (κ2) is 4.78. The fourth-order valence-corrected chi connectivity index (χ4v) is 2.40. The second-order valence-electron chi connectivity index (χ2n) is 4.78. The van der Waals surface area contributed by atoms with Gasteiger partial charge in [-0.05, 0) is 41.3 Å². The van der Waals surface area contributed by atoms with Gasteiger partial charge >= 0.3 is 0 Å². The zero-order valence-corrected chi connectivity index (χ0v) is 10.7. The maximum absolute atomic E-state index is 10.1. The predicted molar refractivity (Wildman–Crippen MR) is 78.2 cm³/mol. The van der Waals surface area contributed by atoms with Gasteiger partial charge in [0.2, 0.25) is 0 Å². The average molecular weight is 266 g/mol.